The number of carbonyl (C=O) groups is 1. The summed E-state index contributed by atoms with van der Waals surface area (Å²) < 4.78 is 5.25. The summed E-state index contributed by atoms with van der Waals surface area (Å²) in [6.45, 7) is 2.07. The maximum absolute atomic E-state index is 12.3. The van der Waals surface area contributed by atoms with Crippen molar-refractivity contribution in [3.8, 4) is 5.75 Å². The van der Waals surface area contributed by atoms with E-state index in [1.54, 1.807) is 7.11 Å². The van der Waals surface area contributed by atoms with Gasteiger partial charge in [0, 0.05) is 13.1 Å². The molecule has 1 aliphatic heterocycles. The van der Waals surface area contributed by atoms with E-state index >= 15 is 0 Å². The van der Waals surface area contributed by atoms with Crippen LogP contribution in [0.2, 0.25) is 0 Å². The van der Waals surface area contributed by atoms with Gasteiger partial charge in [0.05, 0.1) is 24.2 Å². The Labute approximate surface area is 136 Å². The van der Waals surface area contributed by atoms with Crippen LogP contribution in [0.3, 0.4) is 0 Å². The molecule has 0 unspecified atom stereocenters. The molecule has 2 aromatic rings. The Morgan fingerprint density at radius 1 is 0.957 bits per heavy atom. The molecular formula is C18H21N3O2. The van der Waals surface area contributed by atoms with Crippen molar-refractivity contribution < 1.29 is 9.53 Å². The smallest absolute Gasteiger partial charge is 0.323 e. The molecule has 0 atom stereocenters. The predicted octanol–water partition coefficient (Wildman–Crippen LogP) is 3.94. The van der Waals surface area contributed by atoms with Crippen LogP contribution in [0, 0.1) is 0 Å². The zero-order valence-corrected chi connectivity index (χ0v) is 13.2. The Balaban J connectivity index is 1.73. The Morgan fingerprint density at radius 3 is 2.30 bits per heavy atom. The van der Waals surface area contributed by atoms with Gasteiger partial charge in [-0.1, -0.05) is 24.3 Å². The quantitative estimate of drug-likeness (QED) is 0.899. The summed E-state index contributed by atoms with van der Waals surface area (Å²) >= 11 is 0. The number of ether oxygens (including phenoxy) is 1. The van der Waals surface area contributed by atoms with E-state index in [2.05, 4.69) is 15.5 Å². The summed E-state index contributed by atoms with van der Waals surface area (Å²) in [5.41, 5.74) is 2.54. The fraction of sp³-hybridized carbons (Fsp3) is 0.278. The number of rotatable bonds is 4. The molecule has 2 aromatic carbocycles. The second-order valence-corrected chi connectivity index (χ2v) is 5.49. The first kappa shape index (κ1) is 15.2. The van der Waals surface area contributed by atoms with E-state index in [4.69, 9.17) is 4.74 Å². The summed E-state index contributed by atoms with van der Waals surface area (Å²) in [6, 6.07) is 15.0. The molecule has 0 bridgehead atoms. The number of methoxy groups -OCH3 is 1. The first-order chi connectivity index (χ1) is 11.3. The SMILES string of the molecule is COc1ccccc1NC(=O)Nc1ccccc1N1CCCC1. The molecule has 0 spiro atoms. The van der Waals surface area contributed by atoms with E-state index in [1.165, 1.54) is 12.8 Å². The molecule has 5 nitrogen and oxygen atoms in total. The summed E-state index contributed by atoms with van der Waals surface area (Å²) in [4.78, 5) is 14.6. The second kappa shape index (κ2) is 7.05. The number of carbonyl (C=O) groups excluding carboxylic acids is 1. The molecule has 23 heavy (non-hydrogen) atoms. The monoisotopic (exact) mass is 311 g/mol. The van der Waals surface area contributed by atoms with Crippen molar-refractivity contribution in [3.63, 3.8) is 0 Å². The van der Waals surface area contributed by atoms with Crippen LogP contribution >= 0.6 is 0 Å². The van der Waals surface area contributed by atoms with Crippen molar-refractivity contribution >= 4 is 23.1 Å². The average molecular weight is 311 g/mol. The van der Waals surface area contributed by atoms with Gasteiger partial charge in [0.1, 0.15) is 5.75 Å². The van der Waals surface area contributed by atoms with Gasteiger partial charge in [-0.05, 0) is 37.1 Å². The maximum Gasteiger partial charge on any atom is 0.323 e. The molecule has 1 heterocycles. The highest BCUT2D eigenvalue weighted by Gasteiger charge is 2.16. The van der Waals surface area contributed by atoms with Crippen molar-refractivity contribution in [2.24, 2.45) is 0 Å². The third-order valence-corrected chi connectivity index (χ3v) is 3.95. The lowest BCUT2D eigenvalue weighted by molar-refractivity contribution is 0.262. The Kier molecular flexibility index (Phi) is 4.66. The van der Waals surface area contributed by atoms with Crippen LogP contribution in [0.25, 0.3) is 0 Å². The van der Waals surface area contributed by atoms with Gasteiger partial charge in [-0.25, -0.2) is 4.79 Å². The zero-order valence-electron chi connectivity index (χ0n) is 13.2. The average Bonchev–Trinajstić information content (AvgIpc) is 3.10. The van der Waals surface area contributed by atoms with E-state index in [1.807, 2.05) is 48.5 Å². The molecule has 1 aliphatic rings. The zero-order chi connectivity index (χ0) is 16.1. The lowest BCUT2D eigenvalue weighted by Crippen LogP contribution is -2.23. The lowest BCUT2D eigenvalue weighted by atomic mass is 10.2. The minimum Gasteiger partial charge on any atom is -0.495 e. The molecule has 1 saturated heterocycles. The number of hydrogen-bond donors (Lipinski definition) is 2. The second-order valence-electron chi connectivity index (χ2n) is 5.49. The van der Waals surface area contributed by atoms with Gasteiger partial charge in [0.15, 0.2) is 0 Å². The summed E-state index contributed by atoms with van der Waals surface area (Å²) in [5, 5.41) is 5.77. The number of amides is 2. The Morgan fingerprint density at radius 2 is 1.57 bits per heavy atom. The van der Waals surface area contributed by atoms with Gasteiger partial charge in [0.2, 0.25) is 0 Å². The fourth-order valence-electron chi connectivity index (χ4n) is 2.84. The van der Waals surface area contributed by atoms with Gasteiger partial charge in [-0.3, -0.25) is 0 Å². The molecule has 0 saturated carbocycles. The maximum atomic E-state index is 12.3. The highest BCUT2D eigenvalue weighted by atomic mass is 16.5. The molecule has 5 heteroatoms. The highest BCUT2D eigenvalue weighted by molar-refractivity contribution is 6.02. The molecule has 1 fully saturated rings. The Hall–Kier alpha value is -2.69. The summed E-state index contributed by atoms with van der Waals surface area (Å²) in [7, 11) is 1.58. The van der Waals surface area contributed by atoms with Crippen LogP contribution in [-0.2, 0) is 0 Å². The number of nitrogens with zero attached hydrogens (tertiary/aromatic N) is 1. The number of urea groups is 1. The lowest BCUT2D eigenvalue weighted by Gasteiger charge is -2.21. The molecule has 3 rings (SSSR count). The number of para-hydroxylation sites is 4. The van der Waals surface area contributed by atoms with Crippen LogP contribution in [0.1, 0.15) is 12.8 Å². The van der Waals surface area contributed by atoms with E-state index < -0.39 is 0 Å². The molecule has 2 N–H and O–H groups in total. The first-order valence-electron chi connectivity index (χ1n) is 7.83. The fourth-order valence-corrected chi connectivity index (χ4v) is 2.84. The van der Waals surface area contributed by atoms with E-state index in [9.17, 15) is 4.79 Å². The summed E-state index contributed by atoms with van der Waals surface area (Å²) in [6.07, 6.45) is 2.39. The van der Waals surface area contributed by atoms with E-state index in [0.29, 0.717) is 11.4 Å². The van der Waals surface area contributed by atoms with Crippen molar-refractivity contribution in [3.05, 3.63) is 48.5 Å². The normalized spacial score (nSPS) is 13.7. The highest BCUT2D eigenvalue weighted by Crippen LogP contribution is 2.29. The molecule has 120 valence electrons. The third-order valence-electron chi connectivity index (χ3n) is 3.95. The molecule has 0 radical (unpaired) electrons. The van der Waals surface area contributed by atoms with Crippen LogP contribution in [0.5, 0.6) is 5.75 Å². The van der Waals surface area contributed by atoms with Crippen molar-refractivity contribution in [1.82, 2.24) is 0 Å². The van der Waals surface area contributed by atoms with Crippen LogP contribution in [-0.4, -0.2) is 26.2 Å². The van der Waals surface area contributed by atoms with Gasteiger partial charge < -0.3 is 20.3 Å². The first-order valence-corrected chi connectivity index (χ1v) is 7.83. The molecular weight excluding hydrogens is 290 g/mol. The van der Waals surface area contributed by atoms with Crippen LogP contribution in [0.4, 0.5) is 21.9 Å². The number of nitrogens with one attached hydrogen (secondary N) is 2. The third kappa shape index (κ3) is 3.56. The topological polar surface area (TPSA) is 53.6 Å². The van der Waals surface area contributed by atoms with Gasteiger partial charge in [-0.2, -0.15) is 0 Å². The number of hydrogen-bond acceptors (Lipinski definition) is 3. The predicted molar refractivity (Wildman–Crippen MR) is 93.5 cm³/mol. The number of anilines is 3. The van der Waals surface area contributed by atoms with E-state index in [-0.39, 0.29) is 6.03 Å². The van der Waals surface area contributed by atoms with Gasteiger partial charge >= 0.3 is 6.03 Å². The van der Waals surface area contributed by atoms with Crippen molar-refractivity contribution in [1.29, 1.82) is 0 Å². The molecule has 0 aromatic heterocycles. The minimum absolute atomic E-state index is 0.277. The van der Waals surface area contributed by atoms with Gasteiger partial charge in [0.25, 0.3) is 0 Å². The van der Waals surface area contributed by atoms with Crippen molar-refractivity contribution in [2.75, 3.05) is 35.7 Å². The summed E-state index contributed by atoms with van der Waals surface area (Å²) in [5.74, 6) is 0.635. The Bertz CT molecular complexity index is 681. The van der Waals surface area contributed by atoms with Crippen LogP contribution < -0.4 is 20.3 Å². The number of benzene rings is 2. The standard InChI is InChI=1S/C18H21N3O2/c1-23-17-11-5-3-9-15(17)20-18(22)19-14-8-2-4-10-16(14)21-12-6-7-13-21/h2-5,8-11H,6-7,12-13H2,1H3,(H2,19,20,22). The van der Waals surface area contributed by atoms with Crippen LogP contribution in [0.15, 0.2) is 48.5 Å². The molecule has 2 amide bonds. The van der Waals surface area contributed by atoms with E-state index in [0.717, 1.165) is 24.5 Å². The molecule has 0 aliphatic carbocycles. The largest absolute Gasteiger partial charge is 0.495 e. The minimum atomic E-state index is -0.277. The van der Waals surface area contributed by atoms with Crippen molar-refractivity contribution in [2.45, 2.75) is 12.8 Å². The van der Waals surface area contributed by atoms with Gasteiger partial charge in [-0.15, -0.1) is 0 Å².